The van der Waals surface area contributed by atoms with Gasteiger partial charge in [0.25, 0.3) is 5.91 Å². The first kappa shape index (κ1) is 41.1. The molecule has 318 valence electrons. The molecular formula is C42H29ClF8N8O2S. The highest BCUT2D eigenvalue weighted by atomic mass is 35.5. The average Bonchev–Trinajstić information content (AvgIpc) is 3.82. The fourth-order valence-electron chi connectivity index (χ4n) is 8.13. The number of anilines is 2. The van der Waals surface area contributed by atoms with Crippen LogP contribution in [0.1, 0.15) is 50.5 Å². The molecule has 3 aromatic heterocycles. The molecule has 1 aliphatic heterocycles. The summed E-state index contributed by atoms with van der Waals surface area (Å²) in [5.74, 6) is -7.55. The molecular weight excluding hydrogens is 868 g/mol. The van der Waals surface area contributed by atoms with Gasteiger partial charge in [0, 0.05) is 54.1 Å². The Labute approximate surface area is 355 Å². The number of pyridine rings is 1. The maximum Gasteiger partial charge on any atom is 0.435 e. The predicted octanol–water partition coefficient (Wildman–Crippen LogP) is 7.99. The van der Waals surface area contributed by atoms with Crippen LogP contribution in [0.25, 0.3) is 21.5 Å². The van der Waals surface area contributed by atoms with E-state index in [4.69, 9.17) is 27.3 Å². The third-order valence-corrected chi connectivity index (χ3v) is 12.3. The summed E-state index contributed by atoms with van der Waals surface area (Å²) in [4.78, 5) is 40.1. The van der Waals surface area contributed by atoms with E-state index in [1.54, 1.807) is 18.2 Å². The van der Waals surface area contributed by atoms with Crippen LogP contribution in [0.2, 0.25) is 5.02 Å². The molecule has 10 nitrogen and oxygen atoms in total. The van der Waals surface area contributed by atoms with Gasteiger partial charge in [-0.05, 0) is 72.1 Å². The normalized spacial score (nSPS) is 18.1. The van der Waals surface area contributed by atoms with Crippen molar-refractivity contribution in [2.45, 2.75) is 37.0 Å². The molecule has 3 aliphatic rings. The summed E-state index contributed by atoms with van der Waals surface area (Å²) < 4.78 is 118. The maximum absolute atomic E-state index is 15.6. The monoisotopic (exact) mass is 896 g/mol. The van der Waals surface area contributed by atoms with Gasteiger partial charge in [0.15, 0.2) is 16.5 Å². The number of aromatic nitrogens is 4. The maximum atomic E-state index is 15.6. The highest BCUT2D eigenvalue weighted by molar-refractivity contribution is 7.22. The third-order valence-electron chi connectivity index (χ3n) is 11.0. The zero-order chi connectivity index (χ0) is 43.8. The number of carbonyl (C=O) groups excluding carboxylic acids is 2. The van der Waals surface area contributed by atoms with E-state index in [0.717, 1.165) is 30.0 Å². The van der Waals surface area contributed by atoms with Crippen molar-refractivity contribution in [1.82, 2.24) is 25.1 Å². The lowest BCUT2D eigenvalue weighted by molar-refractivity contribution is -0.142. The second kappa shape index (κ2) is 15.3. The van der Waals surface area contributed by atoms with Gasteiger partial charge in [-0.25, -0.2) is 18.2 Å². The molecule has 0 saturated carbocycles. The van der Waals surface area contributed by atoms with Crippen LogP contribution in [-0.2, 0) is 29.9 Å². The molecule has 0 spiro atoms. The third kappa shape index (κ3) is 7.44. The first-order chi connectivity index (χ1) is 29.4. The van der Waals surface area contributed by atoms with Gasteiger partial charge in [-0.2, -0.15) is 32.0 Å². The minimum atomic E-state index is -5.15. The van der Waals surface area contributed by atoms with E-state index in [2.05, 4.69) is 27.2 Å². The zero-order valence-electron chi connectivity index (χ0n) is 31.7. The second-order valence-electron chi connectivity index (χ2n) is 15.0. The van der Waals surface area contributed by atoms with E-state index in [-0.39, 0.29) is 28.0 Å². The fraction of sp³-hybridized carbons (Fsp3) is 0.262. The summed E-state index contributed by atoms with van der Waals surface area (Å²) >= 11 is 7.34. The lowest BCUT2D eigenvalue weighted by Crippen LogP contribution is -2.46. The lowest BCUT2D eigenvalue weighted by Gasteiger charge is -2.35. The van der Waals surface area contributed by atoms with Gasteiger partial charge in [0.1, 0.15) is 35.6 Å². The topological polar surface area (TPSA) is 122 Å². The number of hydrogen-bond donors (Lipinski definition) is 2. The van der Waals surface area contributed by atoms with Crippen molar-refractivity contribution in [1.29, 1.82) is 0 Å². The van der Waals surface area contributed by atoms with Crippen LogP contribution < -0.4 is 20.9 Å². The van der Waals surface area contributed by atoms with Crippen molar-refractivity contribution in [3.63, 3.8) is 0 Å². The number of nitrogens with one attached hydrogen (secondary N) is 1. The van der Waals surface area contributed by atoms with Crippen LogP contribution in [0.5, 0.6) is 0 Å². The van der Waals surface area contributed by atoms with Crippen molar-refractivity contribution in [3.05, 3.63) is 123 Å². The van der Waals surface area contributed by atoms with E-state index in [0.29, 0.717) is 51.8 Å². The number of thiazole rings is 1. The Hall–Kier alpha value is -6.26. The molecule has 0 radical (unpaired) electrons. The van der Waals surface area contributed by atoms with Crippen LogP contribution in [0, 0.1) is 35.2 Å². The van der Waals surface area contributed by atoms with Crippen LogP contribution in [0.4, 0.5) is 45.9 Å². The van der Waals surface area contributed by atoms with Gasteiger partial charge in [0.2, 0.25) is 5.91 Å². The molecule has 62 heavy (non-hydrogen) atoms. The van der Waals surface area contributed by atoms with E-state index in [9.17, 15) is 35.9 Å². The smallest absolute Gasteiger partial charge is 0.368 e. The van der Waals surface area contributed by atoms with Gasteiger partial charge in [-0.15, -0.1) is 0 Å². The Morgan fingerprint density at radius 2 is 1.63 bits per heavy atom. The Morgan fingerprint density at radius 3 is 2.27 bits per heavy atom. The number of benzene rings is 3. The van der Waals surface area contributed by atoms with E-state index in [1.165, 1.54) is 17.4 Å². The summed E-state index contributed by atoms with van der Waals surface area (Å²) in [5, 5.41) is 7.22. The molecule has 1 saturated heterocycles. The SMILES string of the molecule is NC(=O)c1cc(-c2cc3sc(N4CCN(c5ccc(Cl)cc5)CC4)nc3nc2[C@H](Cc2cc(F)cc(F)c2)NC(=O)Cn2nc(C(F)(F)F)c3c2C(F)(F)[C@@H]2C#C[C@H]32)ccc1F. The minimum absolute atomic E-state index is 0.00491. The summed E-state index contributed by atoms with van der Waals surface area (Å²) in [5.41, 5.74) is 2.98. The number of piperazine rings is 1. The van der Waals surface area contributed by atoms with Crippen LogP contribution in [-0.4, -0.2) is 57.7 Å². The van der Waals surface area contributed by atoms with Gasteiger partial charge in [-0.1, -0.05) is 40.8 Å². The Bertz CT molecular complexity index is 2850. The molecule has 1 fully saturated rings. The first-order valence-electron chi connectivity index (χ1n) is 18.9. The number of amides is 2. The summed E-state index contributed by atoms with van der Waals surface area (Å²) in [6.45, 7) is 1.26. The highest BCUT2D eigenvalue weighted by Crippen LogP contribution is 2.58. The summed E-state index contributed by atoms with van der Waals surface area (Å²) in [7, 11) is 0. The standard InChI is InChI=1S/C42H29ClF8N8O2S/c43-22-2-4-25(5-3-22)57-9-11-58(12-10-57)40-55-39-32(62-40)18-27(21-1-8-30(46)28(16-21)38(52)61)35(54-39)31(15-20-13-23(44)17-24(45)14-20)53-33(60)19-59-37-34(36(56-59)42(49,50)51)26-6-7-29(26)41(37,47)48/h1-5,8,13-14,16-18,26,29,31H,9-12,15,19H2,(H2,52,61)(H,53,60)/t26-,29+,31-/m0/s1. The molecule has 9 rings (SSSR count). The molecule has 3 aromatic carbocycles. The van der Waals surface area contributed by atoms with Crippen molar-refractivity contribution < 1.29 is 44.7 Å². The number of hydrogen-bond acceptors (Lipinski definition) is 8. The van der Waals surface area contributed by atoms with Gasteiger partial charge in [-0.3, -0.25) is 14.3 Å². The molecule has 6 aromatic rings. The number of carbonyl (C=O) groups is 2. The summed E-state index contributed by atoms with van der Waals surface area (Å²) in [6, 6.07) is 13.7. The van der Waals surface area contributed by atoms with Crippen molar-refractivity contribution in [2.75, 3.05) is 36.0 Å². The number of rotatable bonds is 10. The Kier molecular flexibility index (Phi) is 10.1. The van der Waals surface area contributed by atoms with E-state index >= 15 is 8.78 Å². The van der Waals surface area contributed by atoms with E-state index < -0.39 is 94.7 Å². The molecule has 0 unspecified atom stereocenters. The average molecular weight is 897 g/mol. The van der Waals surface area contributed by atoms with Gasteiger partial charge >= 0.3 is 12.1 Å². The van der Waals surface area contributed by atoms with Crippen LogP contribution in [0.15, 0.2) is 66.7 Å². The summed E-state index contributed by atoms with van der Waals surface area (Å²) in [6.07, 6.45) is -5.56. The van der Waals surface area contributed by atoms with Gasteiger partial charge in [0.05, 0.1) is 27.9 Å². The number of nitrogens with zero attached hydrogens (tertiary/aromatic N) is 6. The zero-order valence-corrected chi connectivity index (χ0v) is 33.3. The molecule has 2 aliphatic carbocycles. The Morgan fingerprint density at radius 1 is 0.935 bits per heavy atom. The predicted molar refractivity (Wildman–Crippen MR) is 213 cm³/mol. The molecule has 2 amide bonds. The van der Waals surface area contributed by atoms with Crippen molar-refractivity contribution >= 4 is 55.9 Å². The highest BCUT2D eigenvalue weighted by Gasteiger charge is 2.62. The molecule has 4 heterocycles. The molecule has 0 bridgehead atoms. The number of primary amides is 1. The van der Waals surface area contributed by atoms with E-state index in [1.807, 2.05) is 17.0 Å². The van der Waals surface area contributed by atoms with Gasteiger partial charge < -0.3 is 20.9 Å². The molecule has 3 atom stereocenters. The van der Waals surface area contributed by atoms with Crippen molar-refractivity contribution in [2.24, 2.45) is 11.7 Å². The minimum Gasteiger partial charge on any atom is -0.368 e. The Balaban J connectivity index is 1.12. The molecule has 20 heteroatoms. The quantitative estimate of drug-likeness (QED) is 0.106. The van der Waals surface area contributed by atoms with Crippen LogP contribution in [0.3, 0.4) is 0 Å². The second-order valence-corrected chi connectivity index (χ2v) is 16.4. The number of nitrogens with two attached hydrogens (primary N) is 1. The number of fused-ring (bicyclic) bond motifs is 4. The fourth-order valence-corrected chi connectivity index (χ4v) is 9.25. The number of alkyl halides is 5. The van der Waals surface area contributed by atoms with Crippen LogP contribution >= 0.6 is 22.9 Å². The van der Waals surface area contributed by atoms with Crippen molar-refractivity contribution in [3.8, 4) is 23.0 Å². The first-order valence-corrected chi connectivity index (χ1v) is 20.1. The lowest BCUT2D eigenvalue weighted by atomic mass is 9.84. The number of halogens is 9. The largest absolute Gasteiger partial charge is 0.435 e. The molecule has 3 N–H and O–H groups in total.